The molecule has 0 saturated carbocycles. The van der Waals surface area contributed by atoms with E-state index in [4.69, 9.17) is 4.74 Å². The van der Waals surface area contributed by atoms with Gasteiger partial charge in [-0.05, 0) is 19.9 Å². The molecule has 0 saturated heterocycles. The van der Waals surface area contributed by atoms with Gasteiger partial charge in [-0.3, -0.25) is 0 Å². The van der Waals surface area contributed by atoms with Crippen molar-refractivity contribution in [2.45, 2.75) is 19.9 Å². The van der Waals surface area contributed by atoms with E-state index in [0.29, 0.717) is 5.70 Å². The summed E-state index contributed by atoms with van der Waals surface area (Å²) in [6.45, 7) is 3.47. The van der Waals surface area contributed by atoms with Crippen LogP contribution in [0.5, 0.6) is 0 Å². The van der Waals surface area contributed by atoms with Crippen LogP contribution < -0.4 is 10.6 Å². The molecule has 1 heterocycles. The first-order valence-electron chi connectivity index (χ1n) is 6.24. The summed E-state index contributed by atoms with van der Waals surface area (Å²) < 4.78 is 18.9. The molecular weight excluding hydrogens is 263 g/mol. The van der Waals surface area contributed by atoms with Crippen LogP contribution in [0.3, 0.4) is 0 Å². The molecule has 0 aliphatic carbocycles. The number of amides is 2. The molecule has 1 aliphatic rings. The van der Waals surface area contributed by atoms with Crippen molar-refractivity contribution in [3.8, 4) is 0 Å². The smallest absolute Gasteiger partial charge is 0.338 e. The molecule has 1 aromatic rings. The highest BCUT2D eigenvalue weighted by Gasteiger charge is 2.33. The van der Waals surface area contributed by atoms with E-state index >= 15 is 0 Å². The summed E-state index contributed by atoms with van der Waals surface area (Å²) in [5.41, 5.74) is 0.793. The number of esters is 1. The zero-order valence-electron chi connectivity index (χ0n) is 11.2. The Hall–Kier alpha value is -2.37. The molecule has 1 aromatic carbocycles. The van der Waals surface area contributed by atoms with Crippen LogP contribution in [0, 0.1) is 5.82 Å². The number of carbonyl (C=O) groups is 2. The first-order chi connectivity index (χ1) is 9.54. The fraction of sp³-hybridized carbons (Fsp3) is 0.286. The van der Waals surface area contributed by atoms with E-state index in [2.05, 4.69) is 10.6 Å². The molecule has 2 rings (SSSR count). The molecule has 0 fully saturated rings. The highest BCUT2D eigenvalue weighted by molar-refractivity contribution is 5.95. The molecule has 2 amide bonds. The summed E-state index contributed by atoms with van der Waals surface area (Å²) in [6, 6.07) is 4.65. The topological polar surface area (TPSA) is 67.4 Å². The molecular formula is C14H15FN2O3. The van der Waals surface area contributed by atoms with Gasteiger partial charge in [-0.1, -0.05) is 18.2 Å². The van der Waals surface area contributed by atoms with Gasteiger partial charge in [0.2, 0.25) is 0 Å². The fourth-order valence-corrected chi connectivity index (χ4v) is 2.12. The zero-order chi connectivity index (χ0) is 14.7. The summed E-state index contributed by atoms with van der Waals surface area (Å²) in [7, 11) is 0. The quantitative estimate of drug-likeness (QED) is 0.831. The number of rotatable bonds is 3. The summed E-state index contributed by atoms with van der Waals surface area (Å²) in [4.78, 5) is 23.6. The highest BCUT2D eigenvalue weighted by Crippen LogP contribution is 2.29. The highest BCUT2D eigenvalue weighted by atomic mass is 19.1. The Morgan fingerprint density at radius 3 is 2.75 bits per heavy atom. The summed E-state index contributed by atoms with van der Waals surface area (Å²) in [5.74, 6) is -1.07. The Kier molecular flexibility index (Phi) is 4.02. The monoisotopic (exact) mass is 278 g/mol. The standard InChI is InChI=1S/C14H15FN2O3/c1-3-20-13(18)11-8(2)16-14(19)17-12(11)9-6-4-5-7-10(9)15/h4-7,12H,3H2,1-2H3,(H2,16,17,19)/t12-/m1/s1. The Morgan fingerprint density at radius 1 is 1.40 bits per heavy atom. The summed E-state index contributed by atoms with van der Waals surface area (Å²) in [6.07, 6.45) is 0. The van der Waals surface area contributed by atoms with Gasteiger partial charge in [0.25, 0.3) is 0 Å². The van der Waals surface area contributed by atoms with Gasteiger partial charge >= 0.3 is 12.0 Å². The van der Waals surface area contributed by atoms with Gasteiger partial charge in [-0.15, -0.1) is 0 Å². The van der Waals surface area contributed by atoms with Crippen molar-refractivity contribution in [3.05, 3.63) is 46.9 Å². The molecule has 20 heavy (non-hydrogen) atoms. The van der Waals surface area contributed by atoms with Crippen molar-refractivity contribution in [2.75, 3.05) is 6.61 Å². The minimum absolute atomic E-state index is 0.202. The molecule has 106 valence electrons. The molecule has 1 atom stereocenters. The predicted octanol–water partition coefficient (Wildman–Crippen LogP) is 2.02. The maximum absolute atomic E-state index is 13.9. The van der Waals surface area contributed by atoms with Crippen molar-refractivity contribution in [2.24, 2.45) is 0 Å². The van der Waals surface area contributed by atoms with Crippen LogP contribution in [0.25, 0.3) is 0 Å². The third-order valence-corrected chi connectivity index (χ3v) is 2.98. The lowest BCUT2D eigenvalue weighted by molar-refractivity contribution is -0.139. The number of hydrogen-bond acceptors (Lipinski definition) is 3. The van der Waals surface area contributed by atoms with E-state index in [9.17, 15) is 14.0 Å². The lowest BCUT2D eigenvalue weighted by Crippen LogP contribution is -2.45. The fourth-order valence-electron chi connectivity index (χ4n) is 2.12. The van der Waals surface area contributed by atoms with E-state index in [1.54, 1.807) is 26.0 Å². The molecule has 5 nitrogen and oxygen atoms in total. The van der Waals surface area contributed by atoms with Gasteiger partial charge in [-0.25, -0.2) is 14.0 Å². The number of halogens is 1. The lowest BCUT2D eigenvalue weighted by Gasteiger charge is -2.28. The normalized spacial score (nSPS) is 18.4. The van der Waals surface area contributed by atoms with Gasteiger partial charge in [0.15, 0.2) is 0 Å². The van der Waals surface area contributed by atoms with Gasteiger partial charge in [0.05, 0.1) is 18.2 Å². The number of benzene rings is 1. The molecule has 0 bridgehead atoms. The van der Waals surface area contributed by atoms with Crippen LogP contribution >= 0.6 is 0 Å². The Balaban J connectivity index is 2.48. The molecule has 2 N–H and O–H groups in total. The van der Waals surface area contributed by atoms with Crippen LogP contribution in [0.2, 0.25) is 0 Å². The third kappa shape index (κ3) is 2.64. The van der Waals surface area contributed by atoms with Gasteiger partial charge in [-0.2, -0.15) is 0 Å². The Morgan fingerprint density at radius 2 is 2.10 bits per heavy atom. The van der Waals surface area contributed by atoms with Crippen molar-refractivity contribution in [3.63, 3.8) is 0 Å². The largest absolute Gasteiger partial charge is 0.463 e. The van der Waals surface area contributed by atoms with Crippen LogP contribution in [0.1, 0.15) is 25.5 Å². The molecule has 6 heteroatoms. The van der Waals surface area contributed by atoms with Crippen LogP contribution in [0.15, 0.2) is 35.5 Å². The SMILES string of the molecule is CCOC(=O)C1=C(C)NC(=O)N[C@@H]1c1ccccc1F. The lowest BCUT2D eigenvalue weighted by atomic mass is 9.95. The van der Waals surface area contributed by atoms with Crippen molar-refractivity contribution < 1.29 is 18.7 Å². The molecule has 0 unspecified atom stereocenters. The van der Waals surface area contributed by atoms with E-state index in [0.717, 1.165) is 0 Å². The van der Waals surface area contributed by atoms with Crippen molar-refractivity contribution in [1.29, 1.82) is 0 Å². The zero-order valence-corrected chi connectivity index (χ0v) is 11.2. The van der Waals surface area contributed by atoms with Crippen LogP contribution in [0.4, 0.5) is 9.18 Å². The second-order valence-corrected chi connectivity index (χ2v) is 4.31. The van der Waals surface area contributed by atoms with E-state index < -0.39 is 23.9 Å². The van der Waals surface area contributed by atoms with E-state index in [1.807, 2.05) is 0 Å². The second-order valence-electron chi connectivity index (χ2n) is 4.31. The van der Waals surface area contributed by atoms with Gasteiger partial charge < -0.3 is 15.4 Å². The first kappa shape index (κ1) is 14.0. The Labute approximate surface area is 115 Å². The second kappa shape index (κ2) is 5.73. The van der Waals surface area contributed by atoms with Crippen molar-refractivity contribution in [1.82, 2.24) is 10.6 Å². The number of urea groups is 1. The van der Waals surface area contributed by atoms with Crippen LogP contribution in [-0.4, -0.2) is 18.6 Å². The number of nitrogens with one attached hydrogen (secondary N) is 2. The van der Waals surface area contributed by atoms with Gasteiger partial charge in [0.1, 0.15) is 5.82 Å². The first-order valence-corrected chi connectivity index (χ1v) is 6.24. The van der Waals surface area contributed by atoms with Crippen molar-refractivity contribution >= 4 is 12.0 Å². The minimum atomic E-state index is -0.857. The maximum Gasteiger partial charge on any atom is 0.338 e. The summed E-state index contributed by atoms with van der Waals surface area (Å²) >= 11 is 0. The third-order valence-electron chi connectivity index (χ3n) is 2.98. The van der Waals surface area contributed by atoms with Gasteiger partial charge in [0, 0.05) is 11.3 Å². The Bertz CT molecular complexity index is 584. The minimum Gasteiger partial charge on any atom is -0.463 e. The average Bonchev–Trinajstić information content (AvgIpc) is 2.38. The van der Waals surface area contributed by atoms with E-state index in [-0.39, 0.29) is 17.7 Å². The van der Waals surface area contributed by atoms with Crippen LogP contribution in [-0.2, 0) is 9.53 Å². The number of hydrogen-bond donors (Lipinski definition) is 2. The maximum atomic E-state index is 13.9. The number of allylic oxidation sites excluding steroid dienone is 1. The average molecular weight is 278 g/mol. The molecule has 0 radical (unpaired) electrons. The predicted molar refractivity (Wildman–Crippen MR) is 70.1 cm³/mol. The molecule has 0 spiro atoms. The summed E-state index contributed by atoms with van der Waals surface area (Å²) in [5, 5.41) is 5.04. The number of ether oxygens (including phenoxy) is 1. The number of carbonyl (C=O) groups excluding carboxylic acids is 2. The molecule has 1 aliphatic heterocycles. The van der Waals surface area contributed by atoms with E-state index in [1.165, 1.54) is 12.1 Å². The molecule has 0 aromatic heterocycles.